The van der Waals surface area contributed by atoms with Crippen LogP contribution in [0.15, 0.2) is 18.3 Å². The van der Waals surface area contributed by atoms with Gasteiger partial charge in [0.1, 0.15) is 5.69 Å². The van der Waals surface area contributed by atoms with E-state index >= 15 is 0 Å². The van der Waals surface area contributed by atoms with E-state index in [2.05, 4.69) is 10.3 Å². The molecule has 0 radical (unpaired) electrons. The zero-order chi connectivity index (χ0) is 14.5. The third-order valence-electron chi connectivity index (χ3n) is 2.93. The number of fused-ring (bicyclic) bond motifs is 1. The van der Waals surface area contributed by atoms with Gasteiger partial charge in [-0.1, -0.05) is 6.92 Å². The Morgan fingerprint density at radius 3 is 2.95 bits per heavy atom. The maximum atomic E-state index is 12.2. The van der Waals surface area contributed by atoms with E-state index in [1.54, 1.807) is 10.6 Å². The number of amides is 1. The van der Waals surface area contributed by atoms with Crippen LogP contribution in [0.25, 0.3) is 5.65 Å². The van der Waals surface area contributed by atoms with E-state index in [4.69, 9.17) is 9.84 Å². The lowest BCUT2D eigenvalue weighted by molar-refractivity contribution is 0.0938. The van der Waals surface area contributed by atoms with Crippen LogP contribution in [0.4, 0.5) is 0 Å². The summed E-state index contributed by atoms with van der Waals surface area (Å²) in [6.07, 6.45) is 2.44. The molecule has 108 valence electrons. The molecule has 0 aliphatic heterocycles. The predicted octanol–water partition coefficient (Wildman–Crippen LogP) is 1.02. The minimum Gasteiger partial charge on any atom is -0.490 e. The summed E-state index contributed by atoms with van der Waals surface area (Å²) in [5, 5.41) is 11.5. The van der Waals surface area contributed by atoms with Crippen LogP contribution in [0, 0.1) is 0 Å². The lowest BCUT2D eigenvalue weighted by atomic mass is 10.2. The van der Waals surface area contributed by atoms with Crippen LogP contribution >= 0.6 is 0 Å². The van der Waals surface area contributed by atoms with Crippen molar-refractivity contribution in [2.24, 2.45) is 0 Å². The fraction of sp³-hybridized carbons (Fsp3) is 0.429. The van der Waals surface area contributed by atoms with Crippen LogP contribution in [-0.2, 0) is 6.42 Å². The van der Waals surface area contributed by atoms with E-state index < -0.39 is 0 Å². The van der Waals surface area contributed by atoms with Crippen molar-refractivity contribution in [1.29, 1.82) is 0 Å². The number of hydrogen-bond donors (Lipinski definition) is 2. The molecule has 0 aromatic carbocycles. The summed E-state index contributed by atoms with van der Waals surface area (Å²) in [6.45, 7) is 4.53. The molecule has 6 nitrogen and oxygen atoms in total. The standard InChI is InChI=1S/C14H19N3O3/c1-3-10-12(14(19)15-7-9-18)17-8-5-6-11(20-4-2)13(17)16-10/h5-6,8,18H,3-4,7,9H2,1-2H3,(H,15,19). The maximum Gasteiger partial charge on any atom is 0.270 e. The topological polar surface area (TPSA) is 75.9 Å². The highest BCUT2D eigenvalue weighted by Gasteiger charge is 2.19. The number of aryl methyl sites for hydroxylation is 1. The largest absolute Gasteiger partial charge is 0.490 e. The van der Waals surface area contributed by atoms with Crippen LogP contribution < -0.4 is 10.1 Å². The number of aromatic nitrogens is 2. The highest BCUT2D eigenvalue weighted by molar-refractivity contribution is 5.95. The summed E-state index contributed by atoms with van der Waals surface area (Å²) in [6, 6.07) is 3.66. The molecule has 0 atom stereocenters. The van der Waals surface area contributed by atoms with Crippen LogP contribution in [0.3, 0.4) is 0 Å². The first-order chi connectivity index (χ1) is 9.72. The Balaban J connectivity index is 2.52. The van der Waals surface area contributed by atoms with Gasteiger partial charge in [-0.2, -0.15) is 0 Å². The summed E-state index contributed by atoms with van der Waals surface area (Å²) < 4.78 is 7.27. The van der Waals surface area contributed by atoms with Gasteiger partial charge in [0.25, 0.3) is 5.91 Å². The third-order valence-corrected chi connectivity index (χ3v) is 2.93. The lowest BCUT2D eigenvalue weighted by Gasteiger charge is -2.07. The maximum absolute atomic E-state index is 12.2. The molecule has 2 aromatic rings. The Kier molecular flexibility index (Phi) is 4.57. The van der Waals surface area contributed by atoms with E-state index in [-0.39, 0.29) is 19.1 Å². The zero-order valence-corrected chi connectivity index (χ0v) is 11.7. The number of pyridine rings is 1. The molecule has 0 spiro atoms. The molecule has 0 bridgehead atoms. The second-order valence-corrected chi connectivity index (χ2v) is 4.24. The average Bonchev–Trinajstić information content (AvgIpc) is 2.84. The first kappa shape index (κ1) is 14.3. The Morgan fingerprint density at radius 1 is 1.50 bits per heavy atom. The number of carbonyl (C=O) groups excluding carboxylic acids is 1. The number of aliphatic hydroxyl groups is 1. The minimum absolute atomic E-state index is 0.0892. The first-order valence-electron chi connectivity index (χ1n) is 6.74. The third kappa shape index (κ3) is 2.60. The number of imidazole rings is 1. The number of ether oxygens (including phenoxy) is 1. The average molecular weight is 277 g/mol. The normalized spacial score (nSPS) is 10.8. The van der Waals surface area contributed by atoms with Gasteiger partial charge in [-0.25, -0.2) is 4.98 Å². The van der Waals surface area contributed by atoms with Crippen molar-refractivity contribution >= 4 is 11.6 Å². The molecule has 2 N–H and O–H groups in total. The van der Waals surface area contributed by atoms with Crippen molar-refractivity contribution < 1.29 is 14.6 Å². The molecular formula is C14H19N3O3. The number of nitrogens with zero attached hydrogens (tertiary/aromatic N) is 2. The van der Waals surface area contributed by atoms with Gasteiger partial charge in [0.2, 0.25) is 0 Å². The lowest BCUT2D eigenvalue weighted by Crippen LogP contribution is -2.28. The van der Waals surface area contributed by atoms with Gasteiger partial charge >= 0.3 is 0 Å². The van der Waals surface area contributed by atoms with Gasteiger partial charge in [-0.15, -0.1) is 0 Å². The van der Waals surface area contributed by atoms with Gasteiger partial charge in [0, 0.05) is 12.7 Å². The fourth-order valence-electron chi connectivity index (χ4n) is 2.10. The van der Waals surface area contributed by atoms with Gasteiger partial charge in [0.05, 0.1) is 18.9 Å². The molecule has 2 aromatic heterocycles. The molecule has 20 heavy (non-hydrogen) atoms. The quantitative estimate of drug-likeness (QED) is 0.826. The molecule has 0 fully saturated rings. The van der Waals surface area contributed by atoms with Crippen molar-refractivity contribution in [1.82, 2.24) is 14.7 Å². The van der Waals surface area contributed by atoms with E-state index in [9.17, 15) is 4.79 Å². The van der Waals surface area contributed by atoms with Gasteiger partial charge in [0.15, 0.2) is 11.4 Å². The second kappa shape index (κ2) is 6.38. The molecule has 0 unspecified atom stereocenters. The van der Waals surface area contributed by atoms with Gasteiger partial charge < -0.3 is 15.2 Å². The van der Waals surface area contributed by atoms with Crippen molar-refractivity contribution in [3.63, 3.8) is 0 Å². The summed E-state index contributed by atoms with van der Waals surface area (Å²) in [7, 11) is 0. The number of nitrogens with one attached hydrogen (secondary N) is 1. The molecular weight excluding hydrogens is 258 g/mol. The van der Waals surface area contributed by atoms with E-state index in [1.165, 1.54) is 0 Å². The van der Waals surface area contributed by atoms with E-state index in [1.807, 2.05) is 26.0 Å². The SMILES string of the molecule is CCOc1cccn2c(C(=O)NCCO)c(CC)nc12. The number of hydrogen-bond acceptors (Lipinski definition) is 4. The van der Waals surface area contributed by atoms with Crippen molar-refractivity contribution in [3.05, 3.63) is 29.7 Å². The highest BCUT2D eigenvalue weighted by atomic mass is 16.5. The van der Waals surface area contributed by atoms with Crippen molar-refractivity contribution in [3.8, 4) is 5.75 Å². The molecule has 0 aliphatic rings. The summed E-state index contributed by atoms with van der Waals surface area (Å²) in [4.78, 5) is 16.7. The van der Waals surface area contributed by atoms with Crippen molar-refractivity contribution in [2.75, 3.05) is 19.8 Å². The van der Waals surface area contributed by atoms with Crippen LogP contribution in [0.5, 0.6) is 5.75 Å². The summed E-state index contributed by atoms with van der Waals surface area (Å²) in [5.74, 6) is 0.419. The molecule has 6 heteroatoms. The Labute approximate surface area is 117 Å². The number of aliphatic hydroxyl groups excluding tert-OH is 1. The van der Waals surface area contributed by atoms with Crippen molar-refractivity contribution in [2.45, 2.75) is 20.3 Å². The highest BCUT2D eigenvalue weighted by Crippen LogP contribution is 2.22. The smallest absolute Gasteiger partial charge is 0.270 e. The fourth-order valence-corrected chi connectivity index (χ4v) is 2.10. The zero-order valence-electron chi connectivity index (χ0n) is 11.7. The predicted molar refractivity (Wildman–Crippen MR) is 75.2 cm³/mol. The molecule has 0 saturated carbocycles. The van der Waals surface area contributed by atoms with Crippen LogP contribution in [0.1, 0.15) is 30.0 Å². The van der Waals surface area contributed by atoms with E-state index in [0.717, 1.165) is 0 Å². The molecule has 2 heterocycles. The Hall–Kier alpha value is -2.08. The molecule has 2 rings (SSSR count). The van der Waals surface area contributed by atoms with Gasteiger partial charge in [-0.05, 0) is 25.5 Å². The van der Waals surface area contributed by atoms with Crippen LogP contribution in [0.2, 0.25) is 0 Å². The summed E-state index contributed by atoms with van der Waals surface area (Å²) in [5.41, 5.74) is 1.85. The van der Waals surface area contributed by atoms with Gasteiger partial charge in [-0.3, -0.25) is 9.20 Å². The Bertz CT molecular complexity index is 607. The molecule has 0 saturated heterocycles. The Morgan fingerprint density at radius 2 is 2.30 bits per heavy atom. The number of rotatable bonds is 6. The minimum atomic E-state index is -0.239. The number of carbonyl (C=O) groups is 1. The van der Waals surface area contributed by atoms with E-state index in [0.29, 0.717) is 35.8 Å². The van der Waals surface area contributed by atoms with Crippen LogP contribution in [-0.4, -0.2) is 40.2 Å². The second-order valence-electron chi connectivity index (χ2n) is 4.24. The monoisotopic (exact) mass is 277 g/mol. The molecule has 1 amide bonds. The molecule has 0 aliphatic carbocycles. The summed E-state index contributed by atoms with van der Waals surface area (Å²) >= 11 is 0. The first-order valence-corrected chi connectivity index (χ1v) is 6.74.